The summed E-state index contributed by atoms with van der Waals surface area (Å²) in [6.07, 6.45) is 4.32. The molecule has 0 radical (unpaired) electrons. The number of carbonyl (C=O) groups is 2. The number of benzene rings is 2. The minimum absolute atomic E-state index is 0.182. The fourth-order valence-electron chi connectivity index (χ4n) is 3.12. The summed E-state index contributed by atoms with van der Waals surface area (Å²) in [5.74, 6) is -0.531. The number of amides is 2. The van der Waals surface area contributed by atoms with Gasteiger partial charge in [0.15, 0.2) is 0 Å². The van der Waals surface area contributed by atoms with Crippen molar-refractivity contribution in [3.05, 3.63) is 71.3 Å². The van der Waals surface area contributed by atoms with E-state index in [1.807, 2.05) is 6.07 Å². The number of carbonyl (C=O) groups excluding carboxylic acids is 2. The molecule has 29 heavy (non-hydrogen) atoms. The maximum Gasteiger partial charge on any atom is 0.248 e. The third-order valence-corrected chi connectivity index (χ3v) is 6.50. The van der Waals surface area contributed by atoms with Crippen molar-refractivity contribution in [2.75, 3.05) is 23.1 Å². The number of hydrogen-bond acceptors (Lipinski definition) is 4. The van der Waals surface area contributed by atoms with Crippen molar-refractivity contribution in [3.63, 3.8) is 0 Å². The molecule has 3 N–H and O–H groups in total. The first-order chi connectivity index (χ1) is 13.8. The number of nitrogens with zero attached hydrogens (tertiary/aromatic N) is 1. The van der Waals surface area contributed by atoms with Gasteiger partial charge in [0.2, 0.25) is 21.8 Å². The lowest BCUT2D eigenvalue weighted by molar-refractivity contribution is -0.116. The van der Waals surface area contributed by atoms with Crippen molar-refractivity contribution >= 4 is 33.6 Å². The van der Waals surface area contributed by atoms with Crippen molar-refractivity contribution in [1.82, 2.24) is 5.32 Å². The zero-order valence-corrected chi connectivity index (χ0v) is 16.7. The van der Waals surface area contributed by atoms with Gasteiger partial charge in [-0.15, -0.1) is 0 Å². The molecule has 3 rings (SSSR count). The Kier molecular flexibility index (Phi) is 6.33. The van der Waals surface area contributed by atoms with Crippen LogP contribution in [0.4, 0.5) is 5.69 Å². The van der Waals surface area contributed by atoms with E-state index in [1.54, 1.807) is 48.5 Å². The molecule has 1 heterocycles. The minimum atomic E-state index is -3.19. The van der Waals surface area contributed by atoms with Crippen LogP contribution in [0.2, 0.25) is 0 Å². The third kappa shape index (κ3) is 5.45. The quantitative estimate of drug-likeness (QED) is 0.673. The summed E-state index contributed by atoms with van der Waals surface area (Å²) in [5, 5.41) is 2.79. The Labute approximate surface area is 170 Å². The van der Waals surface area contributed by atoms with E-state index in [0.29, 0.717) is 37.2 Å². The van der Waals surface area contributed by atoms with Crippen LogP contribution in [0.1, 0.15) is 27.9 Å². The van der Waals surface area contributed by atoms with Gasteiger partial charge in [-0.3, -0.25) is 13.9 Å². The average molecular weight is 413 g/mol. The third-order valence-electron chi connectivity index (χ3n) is 4.63. The first-order valence-corrected chi connectivity index (χ1v) is 10.9. The topological polar surface area (TPSA) is 110 Å². The Bertz CT molecular complexity index is 1030. The van der Waals surface area contributed by atoms with E-state index in [4.69, 9.17) is 5.73 Å². The monoisotopic (exact) mass is 413 g/mol. The van der Waals surface area contributed by atoms with Crippen LogP contribution < -0.4 is 15.4 Å². The molecular weight excluding hydrogens is 390 g/mol. The van der Waals surface area contributed by atoms with E-state index >= 15 is 0 Å². The molecule has 0 aliphatic carbocycles. The molecule has 0 unspecified atom stereocenters. The Morgan fingerprint density at radius 1 is 1.14 bits per heavy atom. The number of nitrogens with two attached hydrogens (primary N) is 1. The minimum Gasteiger partial charge on any atom is -0.366 e. The molecule has 0 saturated carbocycles. The second-order valence-electron chi connectivity index (χ2n) is 6.77. The van der Waals surface area contributed by atoms with Crippen LogP contribution in [0, 0.1) is 0 Å². The van der Waals surface area contributed by atoms with Crippen LogP contribution in [0.3, 0.4) is 0 Å². The lowest BCUT2D eigenvalue weighted by atomic mass is 10.1. The molecule has 0 spiro atoms. The van der Waals surface area contributed by atoms with Crippen LogP contribution in [0.15, 0.2) is 54.6 Å². The molecule has 1 aliphatic heterocycles. The molecule has 2 aromatic rings. The summed E-state index contributed by atoms with van der Waals surface area (Å²) < 4.78 is 25.3. The van der Waals surface area contributed by atoms with Crippen molar-refractivity contribution in [2.45, 2.75) is 12.8 Å². The number of primary amides is 1. The number of sulfonamides is 1. The Hall–Kier alpha value is -3.13. The van der Waals surface area contributed by atoms with Gasteiger partial charge in [0.1, 0.15) is 0 Å². The van der Waals surface area contributed by atoms with E-state index in [0.717, 1.165) is 11.1 Å². The lowest BCUT2D eigenvalue weighted by Gasteiger charge is -2.16. The van der Waals surface area contributed by atoms with Crippen LogP contribution in [0.25, 0.3) is 6.08 Å². The molecule has 0 atom stereocenters. The van der Waals surface area contributed by atoms with E-state index in [-0.39, 0.29) is 11.7 Å². The van der Waals surface area contributed by atoms with E-state index in [2.05, 4.69) is 5.32 Å². The number of nitrogens with one attached hydrogen (secondary N) is 1. The van der Waals surface area contributed by atoms with Gasteiger partial charge < -0.3 is 11.1 Å². The first-order valence-electron chi connectivity index (χ1n) is 9.30. The van der Waals surface area contributed by atoms with Gasteiger partial charge in [-0.25, -0.2) is 8.42 Å². The molecule has 2 amide bonds. The Morgan fingerprint density at radius 3 is 2.55 bits per heavy atom. The standard InChI is InChI=1S/C21H23N3O4S/c22-21(26)18-4-1-3-17(15-18)11-12-23-20(25)10-7-16-5-8-19(9-6-16)24-13-2-14-29(24,27)28/h1,3-10,15H,2,11-14H2,(H2,22,26)(H,23,25)/b10-7+. The van der Waals surface area contributed by atoms with E-state index < -0.39 is 15.9 Å². The summed E-state index contributed by atoms with van der Waals surface area (Å²) >= 11 is 0. The molecule has 1 saturated heterocycles. The van der Waals surface area contributed by atoms with Gasteiger partial charge in [0.05, 0.1) is 11.4 Å². The van der Waals surface area contributed by atoms with Gasteiger partial charge in [-0.05, 0) is 54.3 Å². The molecule has 0 aromatic heterocycles. The molecule has 0 bridgehead atoms. The van der Waals surface area contributed by atoms with Crippen LogP contribution >= 0.6 is 0 Å². The maximum absolute atomic E-state index is 12.0. The van der Waals surface area contributed by atoms with Crippen molar-refractivity contribution in [1.29, 1.82) is 0 Å². The highest BCUT2D eigenvalue weighted by atomic mass is 32.2. The second kappa shape index (κ2) is 8.91. The van der Waals surface area contributed by atoms with Crippen LogP contribution in [-0.4, -0.2) is 39.1 Å². The van der Waals surface area contributed by atoms with Gasteiger partial charge in [0.25, 0.3) is 0 Å². The highest BCUT2D eigenvalue weighted by molar-refractivity contribution is 7.93. The molecular formula is C21H23N3O4S. The molecule has 2 aromatic carbocycles. The highest BCUT2D eigenvalue weighted by Crippen LogP contribution is 2.24. The van der Waals surface area contributed by atoms with Crippen LogP contribution in [0.5, 0.6) is 0 Å². The van der Waals surface area contributed by atoms with Crippen molar-refractivity contribution < 1.29 is 18.0 Å². The molecule has 1 fully saturated rings. The smallest absolute Gasteiger partial charge is 0.248 e. The predicted octanol–water partition coefficient (Wildman–Crippen LogP) is 1.70. The average Bonchev–Trinajstić information content (AvgIpc) is 3.06. The Morgan fingerprint density at radius 2 is 1.90 bits per heavy atom. The second-order valence-corrected chi connectivity index (χ2v) is 8.79. The fourth-order valence-corrected chi connectivity index (χ4v) is 4.69. The zero-order valence-electron chi connectivity index (χ0n) is 15.9. The van der Waals surface area contributed by atoms with Crippen molar-refractivity contribution in [3.8, 4) is 0 Å². The van der Waals surface area contributed by atoms with Crippen molar-refractivity contribution in [2.24, 2.45) is 5.73 Å². The van der Waals surface area contributed by atoms with Gasteiger partial charge in [0, 0.05) is 24.7 Å². The molecule has 8 heteroatoms. The largest absolute Gasteiger partial charge is 0.366 e. The SMILES string of the molecule is NC(=O)c1cccc(CCNC(=O)/C=C/c2ccc(N3CCCS3(=O)=O)cc2)c1. The summed E-state index contributed by atoms with van der Waals surface area (Å²) in [5.41, 5.74) is 8.06. The van der Waals surface area contributed by atoms with E-state index in [9.17, 15) is 18.0 Å². The highest BCUT2D eigenvalue weighted by Gasteiger charge is 2.28. The van der Waals surface area contributed by atoms with Crippen LogP contribution in [-0.2, 0) is 21.2 Å². The van der Waals surface area contributed by atoms with Gasteiger partial charge >= 0.3 is 0 Å². The van der Waals surface area contributed by atoms with Gasteiger partial charge in [-0.1, -0.05) is 24.3 Å². The summed E-state index contributed by atoms with van der Waals surface area (Å²) in [6.45, 7) is 0.930. The number of rotatable bonds is 7. The summed E-state index contributed by atoms with van der Waals surface area (Å²) in [6, 6.07) is 14.0. The molecule has 1 aliphatic rings. The maximum atomic E-state index is 12.0. The lowest BCUT2D eigenvalue weighted by Crippen LogP contribution is -2.24. The molecule has 152 valence electrons. The first kappa shape index (κ1) is 20.6. The molecule has 7 nitrogen and oxygen atoms in total. The zero-order chi connectivity index (χ0) is 20.9. The Balaban J connectivity index is 1.50. The summed E-state index contributed by atoms with van der Waals surface area (Å²) in [7, 11) is -3.19. The van der Waals surface area contributed by atoms with E-state index in [1.165, 1.54) is 10.4 Å². The number of anilines is 1. The normalized spacial score (nSPS) is 15.5. The summed E-state index contributed by atoms with van der Waals surface area (Å²) in [4.78, 5) is 23.2. The fraction of sp³-hybridized carbons (Fsp3) is 0.238. The number of hydrogen-bond donors (Lipinski definition) is 2. The predicted molar refractivity (Wildman–Crippen MR) is 113 cm³/mol. The van der Waals surface area contributed by atoms with Gasteiger partial charge in [-0.2, -0.15) is 0 Å².